The molecule has 0 spiro atoms. The second kappa shape index (κ2) is 7.42. The number of aliphatic carboxylic acids is 1. The molecule has 0 aromatic heterocycles. The highest BCUT2D eigenvalue weighted by atomic mass is 16.4. The van der Waals surface area contributed by atoms with Crippen LogP contribution in [0, 0.1) is 0 Å². The fourth-order valence-corrected chi connectivity index (χ4v) is 1.42. The zero-order valence-corrected chi connectivity index (χ0v) is 11.1. The van der Waals surface area contributed by atoms with Gasteiger partial charge in [0.2, 0.25) is 0 Å². The van der Waals surface area contributed by atoms with Crippen molar-refractivity contribution < 1.29 is 14.7 Å². The quantitative estimate of drug-likeness (QED) is 0.679. The zero-order valence-electron chi connectivity index (χ0n) is 11.1. The van der Waals surface area contributed by atoms with E-state index in [1.54, 1.807) is 26.8 Å². The minimum Gasteiger partial charge on any atom is -0.480 e. The third-order valence-corrected chi connectivity index (χ3v) is 2.76. The SMILES string of the molecule is C=CC(=N/C=C\C)C(=O)NC(CC)(CC)C(=O)O. The van der Waals surface area contributed by atoms with Gasteiger partial charge in [-0.2, -0.15) is 0 Å². The molecule has 18 heavy (non-hydrogen) atoms. The van der Waals surface area contributed by atoms with E-state index in [0.717, 1.165) is 0 Å². The first-order valence-electron chi connectivity index (χ1n) is 5.84. The van der Waals surface area contributed by atoms with Crippen molar-refractivity contribution in [2.75, 3.05) is 0 Å². The molecule has 5 nitrogen and oxygen atoms in total. The van der Waals surface area contributed by atoms with Crippen molar-refractivity contribution in [1.29, 1.82) is 0 Å². The Kier molecular flexibility index (Phi) is 6.63. The number of hydrogen-bond acceptors (Lipinski definition) is 3. The summed E-state index contributed by atoms with van der Waals surface area (Å²) in [6, 6.07) is 0. The van der Waals surface area contributed by atoms with Gasteiger partial charge in [0.25, 0.3) is 5.91 Å². The molecule has 0 radical (unpaired) electrons. The van der Waals surface area contributed by atoms with Crippen LogP contribution < -0.4 is 5.32 Å². The van der Waals surface area contributed by atoms with E-state index < -0.39 is 17.4 Å². The van der Waals surface area contributed by atoms with Crippen LogP contribution in [0.3, 0.4) is 0 Å². The lowest BCUT2D eigenvalue weighted by molar-refractivity contribution is -0.147. The molecule has 0 aliphatic carbocycles. The molecular formula is C13H20N2O3. The van der Waals surface area contributed by atoms with Crippen molar-refractivity contribution in [2.24, 2.45) is 4.99 Å². The normalized spacial score (nSPS) is 12.5. The maximum Gasteiger partial charge on any atom is 0.329 e. The third kappa shape index (κ3) is 3.84. The van der Waals surface area contributed by atoms with Crippen molar-refractivity contribution in [3.05, 3.63) is 24.9 Å². The summed E-state index contributed by atoms with van der Waals surface area (Å²) in [5.74, 6) is -1.58. The Morgan fingerprint density at radius 2 is 1.94 bits per heavy atom. The molecule has 5 heteroatoms. The number of carboxylic acids is 1. The first-order chi connectivity index (χ1) is 8.47. The van der Waals surface area contributed by atoms with E-state index in [1.807, 2.05) is 0 Å². The number of rotatable bonds is 7. The second-order valence-corrected chi connectivity index (χ2v) is 3.75. The monoisotopic (exact) mass is 252 g/mol. The Labute approximate surface area is 107 Å². The van der Waals surface area contributed by atoms with Crippen LogP contribution in [0.15, 0.2) is 29.9 Å². The lowest BCUT2D eigenvalue weighted by atomic mass is 9.92. The van der Waals surface area contributed by atoms with Crippen LogP contribution >= 0.6 is 0 Å². The van der Waals surface area contributed by atoms with Crippen LogP contribution in [0.5, 0.6) is 0 Å². The molecule has 0 aliphatic rings. The van der Waals surface area contributed by atoms with Gasteiger partial charge >= 0.3 is 5.97 Å². The minimum atomic E-state index is -1.25. The summed E-state index contributed by atoms with van der Waals surface area (Å²) in [4.78, 5) is 27.0. The van der Waals surface area contributed by atoms with Crippen molar-refractivity contribution in [2.45, 2.75) is 39.2 Å². The van der Waals surface area contributed by atoms with Crippen LogP contribution in [0.4, 0.5) is 0 Å². The molecule has 0 heterocycles. The average Bonchev–Trinajstić information content (AvgIpc) is 2.36. The minimum absolute atomic E-state index is 0.0978. The standard InChI is InChI=1S/C13H20N2O3/c1-5-9-14-10(6-2)11(16)15-13(7-3,8-4)12(17)18/h5-6,9H,2,7-8H2,1,3-4H3,(H,15,16)(H,17,18)/b9-5-,14-10?. The van der Waals surface area contributed by atoms with Crippen LogP contribution in [-0.4, -0.2) is 28.2 Å². The summed E-state index contributed by atoms with van der Waals surface area (Å²) < 4.78 is 0. The molecule has 100 valence electrons. The number of allylic oxidation sites excluding steroid dienone is 1. The first-order valence-corrected chi connectivity index (χ1v) is 5.84. The average molecular weight is 252 g/mol. The van der Waals surface area contributed by atoms with Gasteiger partial charge in [-0.05, 0) is 25.8 Å². The molecule has 0 saturated carbocycles. The number of amides is 1. The number of carbonyl (C=O) groups excluding carboxylic acids is 1. The number of aliphatic imine (C=N–C) groups is 1. The highest BCUT2D eigenvalue weighted by Crippen LogP contribution is 2.15. The summed E-state index contributed by atoms with van der Waals surface area (Å²) in [5, 5.41) is 11.7. The number of nitrogens with zero attached hydrogens (tertiary/aromatic N) is 1. The van der Waals surface area contributed by atoms with Crippen molar-refractivity contribution in [3.63, 3.8) is 0 Å². The topological polar surface area (TPSA) is 78.8 Å². The molecule has 2 N–H and O–H groups in total. The molecule has 0 bridgehead atoms. The predicted molar refractivity (Wildman–Crippen MR) is 71.5 cm³/mol. The molecule has 0 aliphatic heterocycles. The molecule has 0 unspecified atom stereocenters. The van der Waals surface area contributed by atoms with Gasteiger partial charge < -0.3 is 10.4 Å². The van der Waals surface area contributed by atoms with E-state index in [1.165, 1.54) is 12.3 Å². The third-order valence-electron chi connectivity index (χ3n) is 2.76. The van der Waals surface area contributed by atoms with Crippen LogP contribution in [0.25, 0.3) is 0 Å². The molecule has 1 amide bonds. The second-order valence-electron chi connectivity index (χ2n) is 3.75. The molecular weight excluding hydrogens is 232 g/mol. The summed E-state index contributed by atoms with van der Waals surface area (Å²) in [6.07, 6.45) is 5.03. The van der Waals surface area contributed by atoms with Crippen molar-refractivity contribution in [3.8, 4) is 0 Å². The highest BCUT2D eigenvalue weighted by Gasteiger charge is 2.36. The lowest BCUT2D eigenvalue weighted by Crippen LogP contribution is -2.55. The molecule has 0 rings (SSSR count). The molecule has 0 aromatic rings. The van der Waals surface area contributed by atoms with Gasteiger partial charge in [-0.3, -0.25) is 9.79 Å². The molecule has 0 saturated heterocycles. The maximum absolute atomic E-state index is 11.9. The Bertz CT molecular complexity index is 380. The van der Waals surface area contributed by atoms with E-state index in [4.69, 9.17) is 0 Å². The highest BCUT2D eigenvalue weighted by molar-refractivity contribution is 6.43. The largest absolute Gasteiger partial charge is 0.480 e. The van der Waals surface area contributed by atoms with Gasteiger partial charge in [0.15, 0.2) is 0 Å². The predicted octanol–water partition coefficient (Wildman–Crippen LogP) is 1.91. The van der Waals surface area contributed by atoms with Crippen LogP contribution in [0.2, 0.25) is 0 Å². The Morgan fingerprint density at radius 3 is 2.28 bits per heavy atom. The Hall–Kier alpha value is -1.91. The van der Waals surface area contributed by atoms with Crippen LogP contribution in [-0.2, 0) is 9.59 Å². The van der Waals surface area contributed by atoms with Crippen molar-refractivity contribution in [1.82, 2.24) is 5.32 Å². The van der Waals surface area contributed by atoms with Crippen LogP contribution in [0.1, 0.15) is 33.6 Å². The van der Waals surface area contributed by atoms with Gasteiger partial charge in [-0.15, -0.1) is 0 Å². The van der Waals surface area contributed by atoms with E-state index in [0.29, 0.717) is 12.8 Å². The number of hydrogen-bond donors (Lipinski definition) is 2. The molecule has 0 aromatic carbocycles. The van der Waals surface area contributed by atoms with E-state index in [9.17, 15) is 14.7 Å². The summed E-state index contributed by atoms with van der Waals surface area (Å²) in [7, 11) is 0. The maximum atomic E-state index is 11.9. The molecule has 0 fully saturated rings. The number of nitrogens with one attached hydrogen (secondary N) is 1. The molecule has 0 atom stereocenters. The fourth-order valence-electron chi connectivity index (χ4n) is 1.42. The van der Waals surface area contributed by atoms with E-state index in [2.05, 4.69) is 16.9 Å². The summed E-state index contributed by atoms with van der Waals surface area (Å²) in [5.41, 5.74) is -1.16. The Balaban J connectivity index is 5.11. The lowest BCUT2D eigenvalue weighted by Gasteiger charge is -2.27. The van der Waals surface area contributed by atoms with Gasteiger partial charge in [-0.1, -0.05) is 26.5 Å². The smallest absolute Gasteiger partial charge is 0.329 e. The number of carboxylic acid groups (broad SMARTS) is 1. The van der Waals surface area contributed by atoms with E-state index >= 15 is 0 Å². The zero-order chi connectivity index (χ0) is 14.2. The first kappa shape index (κ1) is 16.1. The Morgan fingerprint density at radius 1 is 1.39 bits per heavy atom. The van der Waals surface area contributed by atoms with Gasteiger partial charge in [-0.25, -0.2) is 4.79 Å². The fraction of sp³-hybridized carbons (Fsp3) is 0.462. The summed E-state index contributed by atoms with van der Waals surface area (Å²) in [6.45, 7) is 8.69. The van der Waals surface area contributed by atoms with Crippen molar-refractivity contribution >= 4 is 17.6 Å². The van der Waals surface area contributed by atoms with Gasteiger partial charge in [0.05, 0.1) is 0 Å². The number of carbonyl (C=O) groups is 2. The summed E-state index contributed by atoms with van der Waals surface area (Å²) >= 11 is 0. The van der Waals surface area contributed by atoms with Gasteiger partial charge in [0.1, 0.15) is 11.3 Å². The van der Waals surface area contributed by atoms with Gasteiger partial charge in [0, 0.05) is 6.20 Å². The van der Waals surface area contributed by atoms with E-state index in [-0.39, 0.29) is 5.71 Å².